The SMILES string of the molecule is CO[C@H]1CC(C(=O)NCCSSCCC(=O)O)C[C@H]1OC. The highest BCUT2D eigenvalue weighted by Gasteiger charge is 2.38. The van der Waals surface area contributed by atoms with Crippen LogP contribution in [-0.4, -0.2) is 61.5 Å². The topological polar surface area (TPSA) is 84.9 Å². The van der Waals surface area contributed by atoms with Crippen molar-refractivity contribution in [3.05, 3.63) is 0 Å². The smallest absolute Gasteiger partial charge is 0.304 e. The van der Waals surface area contributed by atoms with E-state index in [9.17, 15) is 9.59 Å². The second-order valence-electron chi connectivity index (χ2n) is 4.80. The summed E-state index contributed by atoms with van der Waals surface area (Å²) >= 11 is 0. The third-order valence-electron chi connectivity index (χ3n) is 3.39. The maximum Gasteiger partial charge on any atom is 0.304 e. The molecule has 8 heteroatoms. The van der Waals surface area contributed by atoms with Crippen molar-refractivity contribution in [3.8, 4) is 0 Å². The molecule has 21 heavy (non-hydrogen) atoms. The van der Waals surface area contributed by atoms with E-state index >= 15 is 0 Å². The van der Waals surface area contributed by atoms with Crippen molar-refractivity contribution >= 4 is 33.5 Å². The molecule has 1 amide bonds. The number of hydrogen-bond donors (Lipinski definition) is 2. The number of amides is 1. The number of nitrogens with one attached hydrogen (secondary N) is 1. The lowest BCUT2D eigenvalue weighted by atomic mass is 10.1. The summed E-state index contributed by atoms with van der Waals surface area (Å²) in [5, 5.41) is 11.4. The highest BCUT2D eigenvalue weighted by Crippen LogP contribution is 2.30. The molecule has 0 aromatic carbocycles. The number of aliphatic carboxylic acids is 1. The normalized spacial score (nSPS) is 25.0. The summed E-state index contributed by atoms with van der Waals surface area (Å²) in [5.41, 5.74) is 0. The van der Waals surface area contributed by atoms with E-state index in [0.29, 0.717) is 25.1 Å². The lowest BCUT2D eigenvalue weighted by Gasteiger charge is -2.15. The molecule has 0 bridgehead atoms. The van der Waals surface area contributed by atoms with E-state index in [1.807, 2.05) is 0 Å². The summed E-state index contributed by atoms with van der Waals surface area (Å²) < 4.78 is 10.6. The van der Waals surface area contributed by atoms with Gasteiger partial charge in [0.2, 0.25) is 5.91 Å². The lowest BCUT2D eigenvalue weighted by molar-refractivity contribution is -0.136. The van der Waals surface area contributed by atoms with Crippen LogP contribution in [0.15, 0.2) is 0 Å². The molecule has 0 spiro atoms. The fraction of sp³-hybridized carbons (Fsp3) is 0.846. The van der Waals surface area contributed by atoms with Gasteiger partial charge in [-0.15, -0.1) is 0 Å². The van der Waals surface area contributed by atoms with Crippen molar-refractivity contribution < 1.29 is 24.2 Å². The Labute approximate surface area is 133 Å². The van der Waals surface area contributed by atoms with Gasteiger partial charge in [0.05, 0.1) is 18.6 Å². The minimum Gasteiger partial charge on any atom is -0.481 e. The molecule has 1 aliphatic carbocycles. The van der Waals surface area contributed by atoms with E-state index in [4.69, 9.17) is 14.6 Å². The van der Waals surface area contributed by atoms with Crippen molar-refractivity contribution in [1.29, 1.82) is 0 Å². The molecule has 2 N–H and O–H groups in total. The summed E-state index contributed by atoms with van der Waals surface area (Å²) in [6.07, 6.45) is 1.55. The Kier molecular flexibility index (Phi) is 9.14. The number of ether oxygens (including phenoxy) is 2. The molecule has 0 aliphatic heterocycles. The number of methoxy groups -OCH3 is 2. The van der Waals surface area contributed by atoms with Crippen LogP contribution < -0.4 is 5.32 Å². The van der Waals surface area contributed by atoms with Crippen molar-refractivity contribution in [2.24, 2.45) is 5.92 Å². The standard InChI is InChI=1S/C13H23NO5S2/c1-18-10-7-9(8-11(10)19-2)13(17)14-4-6-21-20-5-3-12(15)16/h9-11H,3-8H2,1-2H3,(H,14,17)(H,15,16)/t9?,10-,11+. The van der Waals surface area contributed by atoms with Gasteiger partial charge in [0.15, 0.2) is 0 Å². The number of carbonyl (C=O) groups excluding carboxylic acids is 1. The van der Waals surface area contributed by atoms with Gasteiger partial charge >= 0.3 is 5.97 Å². The molecule has 0 saturated heterocycles. The predicted octanol–water partition coefficient (Wildman–Crippen LogP) is 1.40. The molecule has 1 aliphatic rings. The quantitative estimate of drug-likeness (QED) is 0.460. The molecule has 1 saturated carbocycles. The highest BCUT2D eigenvalue weighted by atomic mass is 33.1. The molecular formula is C13H23NO5S2. The summed E-state index contributed by atoms with van der Waals surface area (Å²) in [7, 11) is 6.38. The molecule has 1 unspecified atom stereocenters. The first-order chi connectivity index (χ1) is 10.1. The molecule has 0 aromatic rings. The van der Waals surface area contributed by atoms with Gasteiger partial charge in [-0.25, -0.2) is 0 Å². The Morgan fingerprint density at radius 1 is 1.14 bits per heavy atom. The summed E-state index contributed by atoms with van der Waals surface area (Å²) in [6.45, 7) is 0.593. The largest absolute Gasteiger partial charge is 0.481 e. The molecule has 122 valence electrons. The summed E-state index contributed by atoms with van der Waals surface area (Å²) in [4.78, 5) is 22.4. The zero-order chi connectivity index (χ0) is 15.7. The van der Waals surface area contributed by atoms with E-state index in [1.165, 1.54) is 10.8 Å². The molecule has 0 aromatic heterocycles. The second-order valence-corrected chi connectivity index (χ2v) is 7.50. The Morgan fingerprint density at radius 2 is 1.71 bits per heavy atom. The van der Waals surface area contributed by atoms with Crippen molar-refractivity contribution in [2.45, 2.75) is 31.5 Å². The Morgan fingerprint density at radius 3 is 2.24 bits per heavy atom. The number of carboxylic acid groups (broad SMARTS) is 1. The van der Waals surface area contributed by atoms with E-state index in [-0.39, 0.29) is 30.5 Å². The zero-order valence-electron chi connectivity index (χ0n) is 12.4. The predicted molar refractivity (Wildman–Crippen MR) is 84.5 cm³/mol. The molecule has 6 nitrogen and oxygen atoms in total. The van der Waals surface area contributed by atoms with E-state index in [1.54, 1.807) is 25.0 Å². The first kappa shape index (κ1) is 18.6. The average Bonchev–Trinajstić information content (AvgIpc) is 2.89. The average molecular weight is 337 g/mol. The fourth-order valence-electron chi connectivity index (χ4n) is 2.28. The third-order valence-corrected chi connectivity index (χ3v) is 5.80. The molecule has 0 heterocycles. The van der Waals surface area contributed by atoms with Crippen LogP contribution >= 0.6 is 21.6 Å². The minimum atomic E-state index is -0.780. The first-order valence-corrected chi connectivity index (χ1v) is 9.36. The monoisotopic (exact) mass is 337 g/mol. The van der Waals surface area contributed by atoms with Crippen LogP contribution in [0.2, 0.25) is 0 Å². The number of carbonyl (C=O) groups is 2. The maximum absolute atomic E-state index is 12.0. The Bertz CT molecular complexity index is 331. The third kappa shape index (κ3) is 6.90. The van der Waals surface area contributed by atoms with Crippen LogP contribution in [0.25, 0.3) is 0 Å². The van der Waals surface area contributed by atoms with Crippen LogP contribution in [0.1, 0.15) is 19.3 Å². The van der Waals surface area contributed by atoms with Crippen molar-refractivity contribution in [2.75, 3.05) is 32.3 Å². The van der Waals surface area contributed by atoms with Crippen LogP contribution in [0.4, 0.5) is 0 Å². The van der Waals surface area contributed by atoms with Crippen molar-refractivity contribution in [3.63, 3.8) is 0 Å². The van der Waals surface area contributed by atoms with Gasteiger partial charge in [-0.1, -0.05) is 21.6 Å². The molecule has 1 fully saturated rings. The zero-order valence-corrected chi connectivity index (χ0v) is 14.0. The van der Waals surface area contributed by atoms with Crippen LogP contribution in [0.3, 0.4) is 0 Å². The van der Waals surface area contributed by atoms with E-state index < -0.39 is 5.97 Å². The van der Waals surface area contributed by atoms with E-state index in [0.717, 1.165) is 5.75 Å². The molecule has 3 atom stereocenters. The summed E-state index contributed by atoms with van der Waals surface area (Å²) in [5.74, 6) is 0.571. The number of hydrogen-bond acceptors (Lipinski definition) is 6. The van der Waals surface area contributed by atoms with E-state index in [2.05, 4.69) is 5.32 Å². The van der Waals surface area contributed by atoms with Gasteiger partial charge in [-0.3, -0.25) is 9.59 Å². The van der Waals surface area contributed by atoms with Gasteiger partial charge in [0.25, 0.3) is 0 Å². The maximum atomic E-state index is 12.0. The van der Waals surface area contributed by atoms with Gasteiger partial charge < -0.3 is 19.9 Å². The minimum absolute atomic E-state index is 0.00769. The number of carboxylic acids is 1. The second kappa shape index (κ2) is 10.3. The first-order valence-electron chi connectivity index (χ1n) is 6.88. The lowest BCUT2D eigenvalue weighted by Crippen LogP contribution is -2.31. The number of rotatable bonds is 10. The summed E-state index contributed by atoms with van der Waals surface area (Å²) in [6, 6.07) is 0. The molecule has 1 rings (SSSR count). The molecular weight excluding hydrogens is 314 g/mol. The van der Waals surface area contributed by atoms with Crippen molar-refractivity contribution in [1.82, 2.24) is 5.32 Å². The Hall–Kier alpha value is -0.440. The van der Waals surface area contributed by atoms with Gasteiger partial charge in [0.1, 0.15) is 0 Å². The van der Waals surface area contributed by atoms with Gasteiger partial charge in [0, 0.05) is 38.2 Å². The highest BCUT2D eigenvalue weighted by molar-refractivity contribution is 8.76. The van der Waals surface area contributed by atoms with Crippen LogP contribution in [0.5, 0.6) is 0 Å². The molecule has 0 radical (unpaired) electrons. The van der Waals surface area contributed by atoms with Gasteiger partial charge in [-0.2, -0.15) is 0 Å². The Balaban J connectivity index is 2.10. The fourth-order valence-corrected chi connectivity index (χ4v) is 4.16. The van der Waals surface area contributed by atoms with Crippen LogP contribution in [0, 0.1) is 5.92 Å². The van der Waals surface area contributed by atoms with Gasteiger partial charge in [-0.05, 0) is 12.8 Å². The van der Waals surface area contributed by atoms with Crippen LogP contribution in [-0.2, 0) is 19.1 Å².